The van der Waals surface area contributed by atoms with Crippen molar-refractivity contribution in [3.8, 4) is 0 Å². The number of hydrogen-bond donors (Lipinski definition) is 1. The summed E-state index contributed by atoms with van der Waals surface area (Å²) in [6.07, 6.45) is 11.7. The molecule has 1 amide bonds. The maximum atomic E-state index is 11.9. The Bertz CT molecular complexity index is 491. The van der Waals surface area contributed by atoms with Crippen molar-refractivity contribution in [3.05, 3.63) is 30.2 Å². The molecule has 1 unspecified atom stereocenters. The van der Waals surface area contributed by atoms with Crippen LogP contribution in [0.4, 0.5) is 0 Å². The molecule has 1 aromatic rings. The fourth-order valence-electron chi connectivity index (χ4n) is 3.25. The van der Waals surface area contributed by atoms with Gasteiger partial charge in [0.15, 0.2) is 0 Å². The second-order valence-corrected chi connectivity index (χ2v) is 6.56. The van der Waals surface area contributed by atoms with Gasteiger partial charge in [-0.2, -0.15) is 0 Å². The van der Waals surface area contributed by atoms with Gasteiger partial charge in [-0.1, -0.05) is 12.5 Å². The van der Waals surface area contributed by atoms with Gasteiger partial charge in [-0.05, 0) is 56.4 Å². The predicted octanol–water partition coefficient (Wildman–Crippen LogP) is 2.92. The lowest BCUT2D eigenvalue weighted by Gasteiger charge is -2.33. The molecule has 3 rings (SSSR count). The van der Waals surface area contributed by atoms with E-state index in [0.29, 0.717) is 11.8 Å². The van der Waals surface area contributed by atoms with E-state index in [1.54, 1.807) is 6.26 Å². The minimum absolute atomic E-state index is 0.279. The molecule has 0 aromatic carbocycles. The van der Waals surface area contributed by atoms with Crippen LogP contribution in [0.15, 0.2) is 28.9 Å². The normalized spacial score (nSPS) is 23.5. The van der Waals surface area contributed by atoms with Gasteiger partial charge in [0.1, 0.15) is 5.76 Å². The lowest BCUT2D eigenvalue weighted by Crippen LogP contribution is -2.43. The summed E-state index contributed by atoms with van der Waals surface area (Å²) in [6.45, 7) is 4.02. The lowest BCUT2D eigenvalue weighted by molar-refractivity contribution is -0.127. The van der Waals surface area contributed by atoms with Crippen LogP contribution < -0.4 is 5.32 Å². The summed E-state index contributed by atoms with van der Waals surface area (Å²) in [5.74, 6) is 2.08. The summed E-state index contributed by atoms with van der Waals surface area (Å²) < 4.78 is 5.29. The molecule has 1 saturated carbocycles. The van der Waals surface area contributed by atoms with Gasteiger partial charge in [0.2, 0.25) is 5.91 Å². The van der Waals surface area contributed by atoms with Crippen LogP contribution in [0, 0.1) is 11.8 Å². The van der Waals surface area contributed by atoms with Crippen molar-refractivity contribution in [2.24, 2.45) is 11.8 Å². The fraction of sp³-hybridized carbons (Fsp3) is 0.611. The Morgan fingerprint density at radius 1 is 1.36 bits per heavy atom. The molecule has 0 bridgehead atoms. The van der Waals surface area contributed by atoms with E-state index in [0.717, 1.165) is 44.8 Å². The molecule has 22 heavy (non-hydrogen) atoms. The van der Waals surface area contributed by atoms with Crippen LogP contribution in [0.3, 0.4) is 0 Å². The SMILES string of the molecule is O=C(NCC1CCCN(C/C=C/c2ccco2)C1)C1CCC1. The Hall–Kier alpha value is -1.55. The van der Waals surface area contributed by atoms with Gasteiger partial charge >= 0.3 is 0 Å². The molecule has 1 saturated heterocycles. The molecule has 1 aliphatic carbocycles. The molecule has 4 nitrogen and oxygen atoms in total. The quantitative estimate of drug-likeness (QED) is 0.879. The summed E-state index contributed by atoms with van der Waals surface area (Å²) in [5.41, 5.74) is 0. The number of hydrogen-bond acceptors (Lipinski definition) is 3. The first-order valence-electron chi connectivity index (χ1n) is 8.51. The van der Waals surface area contributed by atoms with Crippen molar-refractivity contribution in [3.63, 3.8) is 0 Å². The molecule has 1 N–H and O–H groups in total. The average Bonchev–Trinajstić information content (AvgIpc) is 2.97. The summed E-state index contributed by atoms with van der Waals surface area (Å²) in [5, 5.41) is 3.15. The molecule has 1 atom stereocenters. The van der Waals surface area contributed by atoms with E-state index in [-0.39, 0.29) is 5.91 Å². The Morgan fingerprint density at radius 2 is 2.27 bits per heavy atom. The van der Waals surface area contributed by atoms with Crippen LogP contribution in [-0.2, 0) is 4.79 Å². The van der Waals surface area contributed by atoms with E-state index in [9.17, 15) is 4.79 Å². The minimum atomic E-state index is 0.279. The summed E-state index contributed by atoms with van der Waals surface area (Å²) >= 11 is 0. The van der Waals surface area contributed by atoms with Crippen molar-refractivity contribution in [2.75, 3.05) is 26.2 Å². The van der Waals surface area contributed by atoms with Gasteiger partial charge in [0.25, 0.3) is 0 Å². The van der Waals surface area contributed by atoms with Crippen molar-refractivity contribution >= 4 is 12.0 Å². The standard InChI is InChI=1S/C18H26N2O2/c21-18(16-6-1-7-16)19-13-15-5-2-10-20(14-15)11-3-8-17-9-4-12-22-17/h3-4,8-9,12,15-16H,1-2,5-7,10-11,13-14H2,(H,19,21)/b8-3+. The zero-order valence-electron chi connectivity index (χ0n) is 13.2. The highest BCUT2D eigenvalue weighted by Gasteiger charge is 2.26. The monoisotopic (exact) mass is 302 g/mol. The van der Waals surface area contributed by atoms with Crippen molar-refractivity contribution in [1.82, 2.24) is 10.2 Å². The van der Waals surface area contributed by atoms with Crippen LogP contribution in [0.1, 0.15) is 37.9 Å². The van der Waals surface area contributed by atoms with E-state index in [1.165, 1.54) is 19.3 Å². The topological polar surface area (TPSA) is 45.5 Å². The maximum Gasteiger partial charge on any atom is 0.223 e. The smallest absolute Gasteiger partial charge is 0.223 e. The van der Waals surface area contributed by atoms with E-state index in [2.05, 4.69) is 16.3 Å². The largest absolute Gasteiger partial charge is 0.465 e. The number of nitrogens with zero attached hydrogens (tertiary/aromatic N) is 1. The average molecular weight is 302 g/mol. The number of rotatable bonds is 6. The summed E-state index contributed by atoms with van der Waals surface area (Å²) in [7, 11) is 0. The Morgan fingerprint density at radius 3 is 3.00 bits per heavy atom. The highest BCUT2D eigenvalue weighted by atomic mass is 16.3. The van der Waals surface area contributed by atoms with Gasteiger partial charge in [0.05, 0.1) is 6.26 Å². The molecule has 2 heterocycles. The summed E-state index contributed by atoms with van der Waals surface area (Å²) in [4.78, 5) is 14.4. The molecule has 0 radical (unpaired) electrons. The highest BCUT2D eigenvalue weighted by Crippen LogP contribution is 2.26. The first kappa shape index (κ1) is 15.3. The van der Waals surface area contributed by atoms with Gasteiger partial charge in [0, 0.05) is 25.6 Å². The van der Waals surface area contributed by atoms with Crippen molar-refractivity contribution in [1.29, 1.82) is 0 Å². The third-order valence-corrected chi connectivity index (χ3v) is 4.83. The third-order valence-electron chi connectivity index (χ3n) is 4.83. The van der Waals surface area contributed by atoms with Crippen LogP contribution in [0.2, 0.25) is 0 Å². The van der Waals surface area contributed by atoms with E-state index in [4.69, 9.17) is 4.42 Å². The number of nitrogens with one attached hydrogen (secondary N) is 1. The molecule has 0 spiro atoms. The minimum Gasteiger partial charge on any atom is -0.465 e. The number of amides is 1. The highest BCUT2D eigenvalue weighted by molar-refractivity contribution is 5.79. The first-order valence-corrected chi connectivity index (χ1v) is 8.51. The fourth-order valence-corrected chi connectivity index (χ4v) is 3.25. The molecule has 120 valence electrons. The van der Waals surface area contributed by atoms with Crippen LogP contribution in [0.25, 0.3) is 6.08 Å². The molecule has 2 fully saturated rings. The molecular weight excluding hydrogens is 276 g/mol. The Kier molecular flexibility index (Phi) is 5.33. The van der Waals surface area contributed by atoms with E-state index >= 15 is 0 Å². The first-order chi connectivity index (χ1) is 10.8. The van der Waals surface area contributed by atoms with Crippen LogP contribution in [-0.4, -0.2) is 37.0 Å². The van der Waals surface area contributed by atoms with Gasteiger partial charge in [-0.25, -0.2) is 0 Å². The second-order valence-electron chi connectivity index (χ2n) is 6.56. The molecule has 4 heteroatoms. The van der Waals surface area contributed by atoms with Gasteiger partial charge < -0.3 is 9.73 Å². The van der Waals surface area contributed by atoms with Crippen molar-refractivity contribution in [2.45, 2.75) is 32.1 Å². The number of furan rings is 1. The Labute approximate surface area is 132 Å². The Balaban J connectivity index is 1.38. The third kappa shape index (κ3) is 4.23. The van der Waals surface area contributed by atoms with Crippen LogP contribution in [0.5, 0.6) is 0 Å². The zero-order chi connectivity index (χ0) is 15.2. The molecule has 1 aliphatic heterocycles. The number of likely N-dealkylation sites (tertiary alicyclic amines) is 1. The van der Waals surface area contributed by atoms with E-state index in [1.807, 2.05) is 18.2 Å². The van der Waals surface area contributed by atoms with Gasteiger partial charge in [-0.15, -0.1) is 0 Å². The number of carbonyl (C=O) groups excluding carboxylic acids is 1. The lowest BCUT2D eigenvalue weighted by atomic mass is 9.84. The molecule has 2 aliphatic rings. The maximum absolute atomic E-state index is 11.9. The summed E-state index contributed by atoms with van der Waals surface area (Å²) in [6, 6.07) is 3.87. The molecule has 1 aromatic heterocycles. The molecular formula is C18H26N2O2. The van der Waals surface area contributed by atoms with Gasteiger partial charge in [-0.3, -0.25) is 9.69 Å². The number of carbonyl (C=O) groups is 1. The predicted molar refractivity (Wildman–Crippen MR) is 87.3 cm³/mol. The van der Waals surface area contributed by atoms with E-state index < -0.39 is 0 Å². The number of piperidine rings is 1. The zero-order valence-corrected chi connectivity index (χ0v) is 13.2. The van der Waals surface area contributed by atoms with Crippen LogP contribution >= 0.6 is 0 Å². The van der Waals surface area contributed by atoms with Crippen molar-refractivity contribution < 1.29 is 9.21 Å². The second kappa shape index (κ2) is 7.63.